The number of aromatic nitrogens is 2. The number of piperazine rings is 2. The van der Waals surface area contributed by atoms with Crippen molar-refractivity contribution >= 4 is 88.2 Å². The number of nitrogens with zero attached hydrogens (tertiary/aromatic N) is 7. The van der Waals surface area contributed by atoms with Crippen LogP contribution in [-0.2, 0) is 25.5 Å². The van der Waals surface area contributed by atoms with Gasteiger partial charge >= 0.3 is 0 Å². The van der Waals surface area contributed by atoms with E-state index in [2.05, 4.69) is 49.9 Å². The number of rotatable bonds is 10. The highest BCUT2D eigenvalue weighted by molar-refractivity contribution is 7.86. The van der Waals surface area contributed by atoms with E-state index in [4.69, 9.17) is 24.5 Å². The first-order valence-electron chi connectivity index (χ1n) is 16.9. The van der Waals surface area contributed by atoms with E-state index in [-0.39, 0.29) is 22.3 Å². The molecule has 53 heavy (non-hydrogen) atoms. The molecule has 8 rings (SSSR count). The lowest BCUT2D eigenvalue weighted by Crippen LogP contribution is -2.49. The summed E-state index contributed by atoms with van der Waals surface area (Å²) in [5, 5.41) is 2.95. The Morgan fingerprint density at radius 2 is 1.26 bits per heavy atom. The largest absolute Gasteiger partial charge is 0.412 e. The fourth-order valence-electron chi connectivity index (χ4n) is 7.24. The molecular weight excluding hydrogens is 762 g/mol. The maximum atomic E-state index is 13.7. The molecule has 0 radical (unpaired) electrons. The molecule has 1 atom stereocenters. The van der Waals surface area contributed by atoms with Gasteiger partial charge in [-0.15, -0.1) is 0 Å². The average molecular weight is 806 g/mol. The number of carbonyl (C=O) groups is 1. The summed E-state index contributed by atoms with van der Waals surface area (Å²) in [6.45, 7) is 8.75. The highest BCUT2D eigenvalue weighted by atomic mass is 35.5. The molecule has 0 saturated carbocycles. The molecule has 2 fully saturated rings. The Morgan fingerprint density at radius 1 is 0.755 bits per heavy atom. The van der Waals surface area contributed by atoms with Gasteiger partial charge in [0.2, 0.25) is 0 Å². The van der Waals surface area contributed by atoms with Crippen molar-refractivity contribution in [2.75, 3.05) is 92.9 Å². The van der Waals surface area contributed by atoms with Gasteiger partial charge in [0.25, 0.3) is 16.0 Å². The number of halogens is 1. The first kappa shape index (κ1) is 40.7. The number of fused-ring (bicyclic) bond motifs is 3. The van der Waals surface area contributed by atoms with Crippen LogP contribution in [0.1, 0.15) is 17.2 Å². The van der Waals surface area contributed by atoms with Crippen molar-refractivity contribution in [3.8, 4) is 0 Å². The summed E-state index contributed by atoms with van der Waals surface area (Å²) in [5.41, 5.74) is 2.05. The highest BCUT2D eigenvalue weighted by Crippen LogP contribution is 2.42. The predicted molar refractivity (Wildman–Crippen MR) is 214 cm³/mol. The second-order valence-corrected chi connectivity index (χ2v) is 16.7. The Morgan fingerprint density at radius 3 is 1.79 bits per heavy atom. The standard InChI is InChI=1S/C35H38ClN7O4S3.3H2O/c1-50(45,46)47-32-27-22-24(10-11-39-12-17-41(18-13-39)33-25-6-2-4-8-30(25)48-37-33)28(36)23-29(27)43(35(32)44)21-16-40-14-19-42(20-15-40)34-26-7-3-5-9-31(26)49-38-34;;;/h2-9,22-23,32H,10-21H2,1H3;3*1H2. The molecule has 0 spiro atoms. The van der Waals surface area contributed by atoms with E-state index in [0.717, 1.165) is 82.4 Å². The molecule has 2 aromatic heterocycles. The molecule has 6 N–H and O–H groups in total. The van der Waals surface area contributed by atoms with Crippen molar-refractivity contribution in [2.45, 2.75) is 12.5 Å². The molecule has 1 unspecified atom stereocenters. The first-order chi connectivity index (χ1) is 24.2. The second-order valence-electron chi connectivity index (χ2n) is 13.1. The topological polar surface area (TPSA) is 197 Å². The Balaban J connectivity index is 0.00000180. The van der Waals surface area contributed by atoms with E-state index in [1.165, 1.54) is 43.2 Å². The highest BCUT2D eigenvalue weighted by Gasteiger charge is 2.41. The zero-order valence-corrected chi connectivity index (χ0v) is 32.4. The van der Waals surface area contributed by atoms with Crippen LogP contribution in [0.4, 0.5) is 17.3 Å². The lowest BCUT2D eigenvalue weighted by atomic mass is 10.0. The van der Waals surface area contributed by atoms with Gasteiger partial charge in [0.1, 0.15) is 11.6 Å². The van der Waals surface area contributed by atoms with Gasteiger partial charge in [-0.2, -0.15) is 17.2 Å². The van der Waals surface area contributed by atoms with Crippen molar-refractivity contribution in [3.63, 3.8) is 0 Å². The fraction of sp³-hybridized carbons (Fsp3) is 0.400. The Labute approximate surface area is 321 Å². The summed E-state index contributed by atoms with van der Waals surface area (Å²) in [7, 11) is -3.89. The van der Waals surface area contributed by atoms with Crippen molar-refractivity contribution in [1.29, 1.82) is 0 Å². The zero-order valence-electron chi connectivity index (χ0n) is 29.2. The van der Waals surface area contributed by atoms with Gasteiger partial charge in [0.05, 0.1) is 21.3 Å². The molecule has 3 aliphatic rings. The fourth-order valence-corrected chi connectivity index (χ4v) is 9.62. The van der Waals surface area contributed by atoms with E-state index in [0.29, 0.717) is 35.8 Å². The van der Waals surface area contributed by atoms with Gasteiger partial charge < -0.3 is 31.1 Å². The van der Waals surface area contributed by atoms with Crippen molar-refractivity contribution < 1.29 is 33.8 Å². The summed E-state index contributed by atoms with van der Waals surface area (Å²) >= 11 is 9.93. The van der Waals surface area contributed by atoms with Crippen LogP contribution >= 0.6 is 34.7 Å². The van der Waals surface area contributed by atoms with Crippen LogP contribution in [0.15, 0.2) is 60.7 Å². The molecule has 0 aliphatic carbocycles. The number of amides is 1. The van der Waals surface area contributed by atoms with Crippen molar-refractivity contribution in [1.82, 2.24) is 18.5 Å². The van der Waals surface area contributed by atoms with Crippen LogP contribution < -0.4 is 14.7 Å². The minimum absolute atomic E-state index is 0. The third-order valence-corrected chi connectivity index (χ3v) is 12.5. The average Bonchev–Trinajstić information content (AvgIpc) is 3.81. The van der Waals surface area contributed by atoms with E-state index in [1.807, 2.05) is 30.3 Å². The number of anilines is 3. The summed E-state index contributed by atoms with van der Waals surface area (Å²) in [6.07, 6.45) is 0.435. The normalized spacial score (nSPS) is 18.2. The molecular formula is C35H44ClN7O7S3. The molecule has 3 aromatic carbocycles. The van der Waals surface area contributed by atoms with Crippen molar-refractivity contribution in [3.05, 3.63) is 76.8 Å². The van der Waals surface area contributed by atoms with Crippen LogP contribution in [-0.4, -0.2) is 128 Å². The predicted octanol–water partition coefficient (Wildman–Crippen LogP) is 2.64. The molecule has 2 saturated heterocycles. The molecule has 286 valence electrons. The molecule has 5 heterocycles. The number of benzene rings is 3. The SMILES string of the molecule is CS(=O)(=O)OC1C(=O)N(CCN2CCN(c3nsc4ccccc34)CC2)c2cc(Cl)c(CCN3CCN(c4nsc5ccccc45)CC3)cc21.O.O.O. The summed E-state index contributed by atoms with van der Waals surface area (Å²) in [5.74, 6) is 1.72. The van der Waals surface area contributed by atoms with Gasteiger partial charge in [-0.1, -0.05) is 35.9 Å². The molecule has 3 aliphatic heterocycles. The quantitative estimate of drug-likeness (QED) is 0.189. The van der Waals surface area contributed by atoms with Crippen LogP contribution in [0.25, 0.3) is 20.2 Å². The Bertz CT molecular complexity index is 2150. The van der Waals surface area contributed by atoms with Gasteiger partial charge in [-0.05, 0) is 71.4 Å². The van der Waals surface area contributed by atoms with Gasteiger partial charge in [0, 0.05) is 93.4 Å². The molecule has 14 nitrogen and oxygen atoms in total. The van der Waals surface area contributed by atoms with Gasteiger partial charge in [-0.25, -0.2) is 0 Å². The Kier molecular flexibility index (Phi) is 13.0. The van der Waals surface area contributed by atoms with Gasteiger partial charge in [0.15, 0.2) is 6.10 Å². The molecule has 0 bridgehead atoms. The lowest BCUT2D eigenvalue weighted by Gasteiger charge is -2.35. The molecule has 18 heteroatoms. The van der Waals surface area contributed by atoms with Crippen molar-refractivity contribution in [2.24, 2.45) is 0 Å². The number of carbonyl (C=O) groups excluding carboxylic acids is 1. The Hall–Kier alpha value is -3.49. The second kappa shape index (κ2) is 16.9. The third kappa shape index (κ3) is 8.44. The van der Waals surface area contributed by atoms with Crippen LogP contribution in [0.2, 0.25) is 5.02 Å². The first-order valence-corrected chi connectivity index (χ1v) is 20.6. The van der Waals surface area contributed by atoms with E-state index in [9.17, 15) is 13.2 Å². The maximum Gasteiger partial charge on any atom is 0.265 e. The third-order valence-electron chi connectivity index (χ3n) is 9.93. The van der Waals surface area contributed by atoms with Crippen LogP contribution in [0.5, 0.6) is 0 Å². The summed E-state index contributed by atoms with van der Waals surface area (Å²) in [6, 6.07) is 20.3. The minimum atomic E-state index is -3.89. The summed E-state index contributed by atoms with van der Waals surface area (Å²) in [4.78, 5) is 24.8. The summed E-state index contributed by atoms with van der Waals surface area (Å²) < 4.78 is 41.8. The molecule has 5 aromatic rings. The zero-order chi connectivity index (χ0) is 34.4. The van der Waals surface area contributed by atoms with Crippen LogP contribution in [0.3, 0.4) is 0 Å². The number of hydrogen-bond donors (Lipinski definition) is 0. The molecule has 1 amide bonds. The number of hydrogen-bond acceptors (Lipinski definition) is 12. The van der Waals surface area contributed by atoms with E-state index >= 15 is 0 Å². The van der Waals surface area contributed by atoms with Crippen LogP contribution in [0, 0.1) is 0 Å². The monoisotopic (exact) mass is 805 g/mol. The maximum absolute atomic E-state index is 13.7. The lowest BCUT2D eigenvalue weighted by molar-refractivity contribution is -0.124. The van der Waals surface area contributed by atoms with Gasteiger partial charge in [-0.3, -0.25) is 18.8 Å². The van der Waals surface area contributed by atoms with E-state index in [1.54, 1.807) is 4.90 Å². The van der Waals surface area contributed by atoms with E-state index < -0.39 is 16.2 Å². The minimum Gasteiger partial charge on any atom is -0.412 e. The smallest absolute Gasteiger partial charge is 0.265 e.